The van der Waals surface area contributed by atoms with E-state index in [0.29, 0.717) is 0 Å². The van der Waals surface area contributed by atoms with Crippen LogP contribution in [-0.4, -0.2) is 10.7 Å². The summed E-state index contributed by atoms with van der Waals surface area (Å²) in [5, 5.41) is 1.18. The Bertz CT molecular complexity index is 592. The molecule has 1 aromatic carbocycles. The van der Waals surface area contributed by atoms with Gasteiger partial charge in [-0.2, -0.15) is 0 Å². The highest BCUT2D eigenvalue weighted by Gasteiger charge is 2.14. The maximum atomic E-state index is 5.00. The van der Waals surface area contributed by atoms with Crippen molar-refractivity contribution in [3.8, 4) is 11.1 Å². The zero-order valence-electron chi connectivity index (χ0n) is 14.8. The summed E-state index contributed by atoms with van der Waals surface area (Å²) >= 11 is 1.85. The molecule has 0 atom stereocenters. The van der Waals surface area contributed by atoms with Gasteiger partial charge >= 0.3 is 0 Å². The van der Waals surface area contributed by atoms with E-state index in [1.54, 1.807) is 0 Å². The van der Waals surface area contributed by atoms with Crippen molar-refractivity contribution in [2.75, 3.05) is 5.75 Å². The average Bonchev–Trinajstić information content (AvgIpc) is 2.59. The molecule has 2 heteroatoms. The number of rotatable bonds is 9. The zero-order chi connectivity index (χ0) is 16.5. The lowest BCUT2D eigenvalue weighted by Gasteiger charge is -2.16. The Hall–Kier alpha value is -1.28. The van der Waals surface area contributed by atoms with Gasteiger partial charge in [0.15, 0.2) is 0 Å². The predicted octanol–water partition coefficient (Wildman–Crippen LogP) is 6.55. The van der Waals surface area contributed by atoms with E-state index >= 15 is 0 Å². The van der Waals surface area contributed by atoms with E-state index in [0.717, 1.165) is 18.6 Å². The number of thioether (sulfide) groups is 1. The lowest BCUT2D eigenvalue weighted by molar-refractivity contribution is 0.733. The first-order valence-electron chi connectivity index (χ1n) is 9.01. The molecule has 0 radical (unpaired) electrons. The van der Waals surface area contributed by atoms with E-state index in [-0.39, 0.29) is 0 Å². The van der Waals surface area contributed by atoms with Crippen LogP contribution >= 0.6 is 11.8 Å². The molecule has 124 valence electrons. The second kappa shape index (κ2) is 9.77. The molecule has 0 saturated heterocycles. The van der Waals surface area contributed by atoms with Gasteiger partial charge in [0.05, 0.1) is 5.03 Å². The van der Waals surface area contributed by atoms with Crippen molar-refractivity contribution < 1.29 is 0 Å². The number of unbranched alkanes of at least 4 members (excludes halogenated alkanes) is 2. The van der Waals surface area contributed by atoms with Gasteiger partial charge in [0.1, 0.15) is 0 Å². The molecule has 2 aromatic rings. The number of benzene rings is 1. The first-order valence-corrected chi connectivity index (χ1v) is 9.99. The summed E-state index contributed by atoms with van der Waals surface area (Å²) in [7, 11) is 0. The lowest BCUT2D eigenvalue weighted by atomic mass is 9.93. The van der Waals surface area contributed by atoms with Crippen molar-refractivity contribution in [1.29, 1.82) is 0 Å². The van der Waals surface area contributed by atoms with E-state index in [9.17, 15) is 0 Å². The molecule has 0 amide bonds. The molecule has 0 bridgehead atoms. The molecular formula is C21H29NS. The number of nitrogens with zero attached hydrogens (tertiary/aromatic N) is 1. The summed E-state index contributed by atoms with van der Waals surface area (Å²) in [5.74, 6) is 1.07. The molecule has 0 aliphatic heterocycles. The summed E-state index contributed by atoms with van der Waals surface area (Å²) in [6.45, 7) is 6.72. The minimum absolute atomic E-state index is 1.07. The molecule has 1 nitrogen and oxygen atoms in total. The van der Waals surface area contributed by atoms with Crippen LogP contribution in [0.25, 0.3) is 11.1 Å². The molecule has 1 aromatic heterocycles. The Kier molecular flexibility index (Phi) is 7.67. The van der Waals surface area contributed by atoms with E-state index in [1.807, 2.05) is 11.8 Å². The summed E-state index contributed by atoms with van der Waals surface area (Å²) in [6, 6.07) is 13.1. The molecular weight excluding hydrogens is 298 g/mol. The predicted molar refractivity (Wildman–Crippen MR) is 103 cm³/mol. The Morgan fingerprint density at radius 1 is 0.913 bits per heavy atom. The summed E-state index contributed by atoms with van der Waals surface area (Å²) in [4.78, 5) is 5.00. The number of aromatic nitrogens is 1. The minimum Gasteiger partial charge on any atom is -0.246 e. The molecule has 23 heavy (non-hydrogen) atoms. The Morgan fingerprint density at radius 3 is 2.26 bits per heavy atom. The van der Waals surface area contributed by atoms with E-state index in [4.69, 9.17) is 4.98 Å². The van der Waals surface area contributed by atoms with Gasteiger partial charge in [0.25, 0.3) is 0 Å². The van der Waals surface area contributed by atoms with Crippen molar-refractivity contribution in [2.24, 2.45) is 0 Å². The van der Waals surface area contributed by atoms with Gasteiger partial charge in [-0.3, -0.25) is 0 Å². The molecule has 0 spiro atoms. The van der Waals surface area contributed by atoms with Gasteiger partial charge in [-0.25, -0.2) is 4.98 Å². The summed E-state index contributed by atoms with van der Waals surface area (Å²) < 4.78 is 0. The second-order valence-corrected chi connectivity index (χ2v) is 7.22. The van der Waals surface area contributed by atoms with Crippen LogP contribution in [0.3, 0.4) is 0 Å². The van der Waals surface area contributed by atoms with Crippen LogP contribution in [0.4, 0.5) is 0 Å². The van der Waals surface area contributed by atoms with Gasteiger partial charge in [-0.15, -0.1) is 11.8 Å². The molecule has 1 heterocycles. The minimum atomic E-state index is 1.07. The molecule has 0 N–H and O–H groups in total. The van der Waals surface area contributed by atoms with Crippen LogP contribution in [0.1, 0.15) is 57.7 Å². The highest BCUT2D eigenvalue weighted by Crippen LogP contribution is 2.31. The van der Waals surface area contributed by atoms with Gasteiger partial charge in [-0.05, 0) is 54.2 Å². The maximum absolute atomic E-state index is 5.00. The number of hydrogen-bond donors (Lipinski definition) is 0. The first kappa shape index (κ1) is 18.1. The van der Waals surface area contributed by atoms with Crippen molar-refractivity contribution in [2.45, 2.75) is 64.3 Å². The molecule has 0 saturated carbocycles. The number of hydrogen-bond acceptors (Lipinski definition) is 2. The van der Waals surface area contributed by atoms with Crippen LogP contribution in [-0.2, 0) is 12.8 Å². The first-order chi connectivity index (χ1) is 11.3. The van der Waals surface area contributed by atoms with Gasteiger partial charge in [0, 0.05) is 5.69 Å². The topological polar surface area (TPSA) is 12.9 Å². The van der Waals surface area contributed by atoms with Gasteiger partial charge in [0.2, 0.25) is 0 Å². The average molecular weight is 328 g/mol. The van der Waals surface area contributed by atoms with E-state index in [1.165, 1.54) is 53.1 Å². The fourth-order valence-electron chi connectivity index (χ4n) is 2.88. The smallest absolute Gasteiger partial charge is 0.0969 e. The normalized spacial score (nSPS) is 10.9. The molecule has 0 unspecified atom stereocenters. The van der Waals surface area contributed by atoms with Crippen molar-refractivity contribution in [1.82, 2.24) is 4.98 Å². The monoisotopic (exact) mass is 327 g/mol. The van der Waals surface area contributed by atoms with Crippen molar-refractivity contribution >= 4 is 11.8 Å². The Labute approximate surface area is 145 Å². The number of aryl methyl sites for hydroxylation is 1. The van der Waals surface area contributed by atoms with Crippen LogP contribution in [0.2, 0.25) is 0 Å². The van der Waals surface area contributed by atoms with E-state index < -0.39 is 0 Å². The Morgan fingerprint density at radius 2 is 1.61 bits per heavy atom. The molecule has 0 aliphatic carbocycles. The summed E-state index contributed by atoms with van der Waals surface area (Å²) in [6.07, 6.45) is 7.16. The van der Waals surface area contributed by atoms with Crippen molar-refractivity contribution in [3.05, 3.63) is 47.7 Å². The third-order valence-corrected chi connectivity index (χ3v) is 4.90. The standard InChI is InChI=1S/C21H29NS/c1-4-7-14-18-19(17-12-10-9-11-13-17)16-21(23-6-3)22-20(18)15-8-5-2/h9-13,16H,4-8,14-15H2,1-3H3. The van der Waals surface area contributed by atoms with Crippen LogP contribution < -0.4 is 0 Å². The van der Waals surface area contributed by atoms with Crippen LogP contribution in [0.15, 0.2) is 41.4 Å². The zero-order valence-corrected chi connectivity index (χ0v) is 15.6. The fraction of sp³-hybridized carbons (Fsp3) is 0.476. The quantitative estimate of drug-likeness (QED) is 0.485. The van der Waals surface area contributed by atoms with Gasteiger partial charge < -0.3 is 0 Å². The van der Waals surface area contributed by atoms with Crippen LogP contribution in [0.5, 0.6) is 0 Å². The summed E-state index contributed by atoms with van der Waals surface area (Å²) in [5.41, 5.74) is 5.54. The largest absolute Gasteiger partial charge is 0.246 e. The molecule has 2 rings (SSSR count). The second-order valence-electron chi connectivity index (χ2n) is 5.94. The highest BCUT2D eigenvalue weighted by molar-refractivity contribution is 7.99. The maximum Gasteiger partial charge on any atom is 0.0969 e. The molecule has 0 fully saturated rings. The van der Waals surface area contributed by atoms with Crippen molar-refractivity contribution in [3.63, 3.8) is 0 Å². The van der Waals surface area contributed by atoms with Crippen LogP contribution in [0, 0.1) is 0 Å². The lowest BCUT2D eigenvalue weighted by Crippen LogP contribution is -2.03. The number of pyridine rings is 1. The van der Waals surface area contributed by atoms with E-state index in [2.05, 4.69) is 57.2 Å². The highest BCUT2D eigenvalue weighted by atomic mass is 32.2. The molecule has 0 aliphatic rings. The third kappa shape index (κ3) is 5.10. The fourth-order valence-corrected chi connectivity index (χ4v) is 3.55. The van der Waals surface area contributed by atoms with Gasteiger partial charge in [-0.1, -0.05) is 63.9 Å². The third-order valence-electron chi connectivity index (χ3n) is 4.11. The SMILES string of the molecule is CCCCc1nc(SCC)cc(-c2ccccc2)c1CCCC. The Balaban J connectivity index is 2.51.